The van der Waals surface area contributed by atoms with E-state index in [-0.39, 0.29) is 36.4 Å². The van der Waals surface area contributed by atoms with Crippen molar-refractivity contribution in [3.05, 3.63) is 35.9 Å². The highest BCUT2D eigenvalue weighted by Crippen LogP contribution is 1.99. The Hall–Kier alpha value is -1.31. The van der Waals surface area contributed by atoms with Crippen molar-refractivity contribution in [3.63, 3.8) is 0 Å². The summed E-state index contributed by atoms with van der Waals surface area (Å²) < 4.78 is 0. The number of hydrogen-bond acceptors (Lipinski definition) is 2. The molecule has 1 aromatic rings. The molecule has 0 saturated carbocycles. The van der Waals surface area contributed by atoms with Crippen LogP contribution in [0.3, 0.4) is 0 Å². The lowest BCUT2D eigenvalue weighted by Crippen LogP contribution is -2.47. The molecule has 1 rings (SSSR count). The van der Waals surface area contributed by atoms with Gasteiger partial charge < -0.3 is 16.0 Å². The molecule has 0 aromatic heterocycles. The Balaban J connectivity index is 0.00000484. The summed E-state index contributed by atoms with van der Waals surface area (Å²) >= 11 is 0. The van der Waals surface area contributed by atoms with E-state index in [0.29, 0.717) is 24.5 Å². The van der Waals surface area contributed by atoms with E-state index in [9.17, 15) is 4.79 Å². The van der Waals surface area contributed by atoms with Crippen molar-refractivity contribution in [2.75, 3.05) is 20.1 Å². The number of carbonyl (C=O) groups is 1. The van der Waals surface area contributed by atoms with Gasteiger partial charge in [0, 0.05) is 19.6 Å². The van der Waals surface area contributed by atoms with Crippen LogP contribution in [0.5, 0.6) is 0 Å². The minimum absolute atomic E-state index is 0. The van der Waals surface area contributed by atoms with Gasteiger partial charge in [-0.1, -0.05) is 44.2 Å². The van der Waals surface area contributed by atoms with Crippen molar-refractivity contribution in [2.24, 2.45) is 10.9 Å². The zero-order valence-corrected chi connectivity index (χ0v) is 16.8. The second kappa shape index (κ2) is 12.2. The Morgan fingerprint density at radius 3 is 2.35 bits per heavy atom. The molecule has 0 aliphatic heterocycles. The fraction of sp³-hybridized carbons (Fsp3) is 0.529. The Bertz CT molecular complexity index is 477. The number of rotatable bonds is 7. The van der Waals surface area contributed by atoms with Gasteiger partial charge in [0.2, 0.25) is 5.91 Å². The molecule has 0 aliphatic carbocycles. The lowest BCUT2D eigenvalue weighted by Gasteiger charge is -2.20. The number of aliphatic imine (C=N–C) groups is 1. The second-order valence-corrected chi connectivity index (χ2v) is 5.69. The average Bonchev–Trinajstić information content (AvgIpc) is 2.52. The van der Waals surface area contributed by atoms with E-state index >= 15 is 0 Å². The summed E-state index contributed by atoms with van der Waals surface area (Å²) in [4.78, 5) is 15.9. The molecule has 0 aliphatic rings. The van der Waals surface area contributed by atoms with Gasteiger partial charge in [0.1, 0.15) is 0 Å². The molecule has 1 aromatic carbocycles. The molecule has 1 unspecified atom stereocenters. The first-order valence-electron chi connectivity index (χ1n) is 7.80. The van der Waals surface area contributed by atoms with Crippen LogP contribution in [-0.4, -0.2) is 38.0 Å². The van der Waals surface area contributed by atoms with Crippen LogP contribution >= 0.6 is 24.0 Å². The van der Waals surface area contributed by atoms with Gasteiger partial charge >= 0.3 is 0 Å². The molecular formula is C17H29IN4O. The van der Waals surface area contributed by atoms with Crippen LogP contribution in [0, 0.1) is 5.92 Å². The highest BCUT2D eigenvalue weighted by Gasteiger charge is 2.09. The Morgan fingerprint density at radius 1 is 1.13 bits per heavy atom. The van der Waals surface area contributed by atoms with E-state index in [4.69, 9.17) is 0 Å². The van der Waals surface area contributed by atoms with Gasteiger partial charge in [0.15, 0.2) is 5.96 Å². The normalized spacial score (nSPS) is 12.3. The van der Waals surface area contributed by atoms with E-state index in [1.165, 1.54) is 5.56 Å². The van der Waals surface area contributed by atoms with Gasteiger partial charge in [-0.25, -0.2) is 0 Å². The van der Waals surface area contributed by atoms with Gasteiger partial charge in [-0.2, -0.15) is 0 Å². The van der Waals surface area contributed by atoms with Crippen molar-refractivity contribution in [3.8, 4) is 0 Å². The Kier molecular flexibility index (Phi) is 11.5. The summed E-state index contributed by atoms with van der Waals surface area (Å²) in [6, 6.07) is 10.4. The summed E-state index contributed by atoms with van der Waals surface area (Å²) in [6.07, 6.45) is 0.837. The first-order chi connectivity index (χ1) is 10.5. The van der Waals surface area contributed by atoms with Gasteiger partial charge in [-0.05, 0) is 24.8 Å². The molecule has 1 atom stereocenters. The van der Waals surface area contributed by atoms with Gasteiger partial charge in [-0.3, -0.25) is 9.79 Å². The number of nitrogens with one attached hydrogen (secondary N) is 3. The van der Waals surface area contributed by atoms with Gasteiger partial charge in [0.25, 0.3) is 0 Å². The summed E-state index contributed by atoms with van der Waals surface area (Å²) in [7, 11) is 1.70. The van der Waals surface area contributed by atoms with Crippen LogP contribution in [0.4, 0.5) is 0 Å². The maximum atomic E-state index is 11.8. The zero-order valence-electron chi connectivity index (χ0n) is 14.4. The molecular weight excluding hydrogens is 403 g/mol. The largest absolute Gasteiger partial charge is 0.354 e. The van der Waals surface area contributed by atoms with E-state index < -0.39 is 0 Å². The van der Waals surface area contributed by atoms with Crippen LogP contribution in [-0.2, 0) is 11.2 Å². The Morgan fingerprint density at radius 2 is 1.78 bits per heavy atom. The van der Waals surface area contributed by atoms with Crippen LogP contribution in [0.1, 0.15) is 26.3 Å². The number of benzene rings is 1. The lowest BCUT2D eigenvalue weighted by atomic mass is 10.1. The number of guanidine groups is 1. The lowest BCUT2D eigenvalue weighted by molar-refractivity contribution is -0.119. The number of carbonyl (C=O) groups excluding carboxylic acids is 1. The van der Waals surface area contributed by atoms with E-state index in [2.05, 4.69) is 53.8 Å². The standard InChI is InChI=1S/C17H28N4O.HI/c1-13(2)14(3)21-17(18-4)20-12-16(22)19-11-10-15-8-6-5-7-9-15;/h5-9,13-14H,10-12H2,1-4H3,(H,19,22)(H2,18,20,21);1H. The molecule has 23 heavy (non-hydrogen) atoms. The quantitative estimate of drug-likeness (QED) is 0.352. The molecule has 1 amide bonds. The molecule has 0 spiro atoms. The molecule has 5 nitrogen and oxygen atoms in total. The molecule has 130 valence electrons. The SMILES string of the molecule is CN=C(NCC(=O)NCCc1ccccc1)NC(C)C(C)C.I. The van der Waals surface area contributed by atoms with Crippen molar-refractivity contribution in [1.82, 2.24) is 16.0 Å². The smallest absolute Gasteiger partial charge is 0.239 e. The fourth-order valence-corrected chi connectivity index (χ4v) is 1.79. The monoisotopic (exact) mass is 432 g/mol. The van der Waals surface area contributed by atoms with E-state index in [0.717, 1.165) is 6.42 Å². The summed E-state index contributed by atoms with van der Waals surface area (Å²) in [5.41, 5.74) is 1.22. The van der Waals surface area contributed by atoms with Crippen LogP contribution < -0.4 is 16.0 Å². The molecule has 0 heterocycles. The van der Waals surface area contributed by atoms with Crippen LogP contribution in [0.15, 0.2) is 35.3 Å². The summed E-state index contributed by atoms with van der Waals surface area (Å²) in [5, 5.41) is 9.20. The highest BCUT2D eigenvalue weighted by molar-refractivity contribution is 14.0. The third-order valence-corrected chi connectivity index (χ3v) is 3.58. The minimum Gasteiger partial charge on any atom is -0.354 e. The number of nitrogens with zero attached hydrogens (tertiary/aromatic N) is 1. The predicted molar refractivity (Wildman–Crippen MR) is 107 cm³/mol. The van der Waals surface area contributed by atoms with Crippen molar-refractivity contribution in [2.45, 2.75) is 33.2 Å². The maximum Gasteiger partial charge on any atom is 0.239 e. The summed E-state index contributed by atoms with van der Waals surface area (Å²) in [5.74, 6) is 1.12. The molecule has 0 saturated heterocycles. The van der Waals surface area contributed by atoms with Crippen molar-refractivity contribution < 1.29 is 4.79 Å². The molecule has 6 heteroatoms. The highest BCUT2D eigenvalue weighted by atomic mass is 127. The third-order valence-electron chi connectivity index (χ3n) is 3.58. The topological polar surface area (TPSA) is 65.5 Å². The molecule has 0 radical (unpaired) electrons. The molecule has 3 N–H and O–H groups in total. The fourth-order valence-electron chi connectivity index (χ4n) is 1.79. The maximum absolute atomic E-state index is 11.8. The first kappa shape index (κ1) is 21.7. The van der Waals surface area contributed by atoms with Crippen LogP contribution in [0.25, 0.3) is 0 Å². The number of amides is 1. The molecule has 0 fully saturated rings. The average molecular weight is 432 g/mol. The summed E-state index contributed by atoms with van der Waals surface area (Å²) in [6.45, 7) is 7.23. The van der Waals surface area contributed by atoms with Crippen LogP contribution in [0.2, 0.25) is 0 Å². The minimum atomic E-state index is -0.0314. The second-order valence-electron chi connectivity index (χ2n) is 5.69. The Labute approximate surface area is 156 Å². The van der Waals surface area contributed by atoms with E-state index in [1.807, 2.05) is 18.2 Å². The van der Waals surface area contributed by atoms with Gasteiger partial charge in [0.05, 0.1) is 6.54 Å². The van der Waals surface area contributed by atoms with Crippen molar-refractivity contribution >= 4 is 35.8 Å². The van der Waals surface area contributed by atoms with E-state index in [1.54, 1.807) is 7.05 Å². The zero-order chi connectivity index (χ0) is 16.4. The van der Waals surface area contributed by atoms with Gasteiger partial charge in [-0.15, -0.1) is 24.0 Å². The number of halogens is 1. The number of hydrogen-bond donors (Lipinski definition) is 3. The predicted octanol–water partition coefficient (Wildman–Crippen LogP) is 2.17. The first-order valence-corrected chi connectivity index (χ1v) is 7.80. The third kappa shape index (κ3) is 9.43. The molecule has 0 bridgehead atoms. The van der Waals surface area contributed by atoms with Crippen molar-refractivity contribution in [1.29, 1.82) is 0 Å².